The fourth-order valence-corrected chi connectivity index (χ4v) is 3.33. The largest absolute Gasteiger partial charge is 0.340 e. The molecule has 1 saturated heterocycles. The van der Waals surface area contributed by atoms with Crippen LogP contribution in [-0.2, 0) is 9.59 Å². The third kappa shape index (κ3) is 1.57. The van der Waals surface area contributed by atoms with Crippen molar-refractivity contribution in [3.8, 4) is 0 Å². The van der Waals surface area contributed by atoms with E-state index < -0.39 is 5.54 Å². The Morgan fingerprint density at radius 1 is 1.28 bits per heavy atom. The highest BCUT2D eigenvalue weighted by Crippen LogP contribution is 2.44. The lowest BCUT2D eigenvalue weighted by Gasteiger charge is -2.50. The standard InChI is InChI=1S/C14H22N2O2/c1-3-11-12(17)15-14(2,9-7-8-9)13(18)16(11)10-5-4-6-10/h9-11H,3-8H2,1-2H3,(H,15,17). The van der Waals surface area contributed by atoms with Crippen LogP contribution in [0.2, 0.25) is 0 Å². The van der Waals surface area contributed by atoms with E-state index in [1.54, 1.807) is 0 Å². The predicted octanol–water partition coefficient (Wildman–Crippen LogP) is 1.44. The van der Waals surface area contributed by atoms with Gasteiger partial charge in [-0.15, -0.1) is 0 Å². The topological polar surface area (TPSA) is 49.4 Å². The van der Waals surface area contributed by atoms with Crippen molar-refractivity contribution in [2.24, 2.45) is 5.92 Å². The lowest BCUT2D eigenvalue weighted by molar-refractivity contribution is -0.160. The first-order chi connectivity index (χ1) is 8.58. The molecule has 0 bridgehead atoms. The van der Waals surface area contributed by atoms with Crippen molar-refractivity contribution in [3.05, 3.63) is 0 Å². The van der Waals surface area contributed by atoms with E-state index in [1.165, 1.54) is 6.42 Å². The molecule has 2 amide bonds. The smallest absolute Gasteiger partial charge is 0.249 e. The molecule has 0 aromatic heterocycles. The van der Waals surface area contributed by atoms with E-state index in [0.29, 0.717) is 12.0 Å². The monoisotopic (exact) mass is 250 g/mol. The third-order valence-corrected chi connectivity index (χ3v) is 4.95. The number of carbonyl (C=O) groups is 2. The molecule has 0 spiro atoms. The summed E-state index contributed by atoms with van der Waals surface area (Å²) in [5.74, 6) is 0.578. The lowest BCUT2D eigenvalue weighted by atomic mass is 9.83. The molecule has 1 N–H and O–H groups in total. The maximum atomic E-state index is 12.8. The number of hydrogen-bond acceptors (Lipinski definition) is 2. The van der Waals surface area contributed by atoms with Gasteiger partial charge in [0.2, 0.25) is 11.8 Å². The summed E-state index contributed by atoms with van der Waals surface area (Å²) in [6.07, 6.45) is 6.17. The number of piperazine rings is 1. The molecule has 1 heterocycles. The van der Waals surface area contributed by atoms with E-state index in [9.17, 15) is 9.59 Å². The van der Waals surface area contributed by atoms with Gasteiger partial charge < -0.3 is 10.2 Å². The first kappa shape index (κ1) is 12.0. The van der Waals surface area contributed by atoms with Gasteiger partial charge in [0.15, 0.2) is 0 Å². The van der Waals surface area contributed by atoms with Gasteiger partial charge in [-0.05, 0) is 51.4 Å². The number of nitrogens with zero attached hydrogens (tertiary/aromatic N) is 1. The van der Waals surface area contributed by atoms with Crippen LogP contribution in [0.15, 0.2) is 0 Å². The van der Waals surface area contributed by atoms with E-state index in [1.807, 2.05) is 18.7 Å². The minimum atomic E-state index is -0.627. The summed E-state index contributed by atoms with van der Waals surface area (Å²) in [4.78, 5) is 27.0. The van der Waals surface area contributed by atoms with Gasteiger partial charge in [-0.3, -0.25) is 9.59 Å². The molecule has 1 aliphatic heterocycles. The van der Waals surface area contributed by atoms with Crippen LogP contribution in [0.3, 0.4) is 0 Å². The van der Waals surface area contributed by atoms with Crippen LogP contribution in [-0.4, -0.2) is 34.3 Å². The van der Waals surface area contributed by atoms with Gasteiger partial charge in [0.25, 0.3) is 0 Å². The summed E-state index contributed by atoms with van der Waals surface area (Å²) in [6, 6.07) is 0.0706. The molecule has 2 atom stereocenters. The number of carbonyl (C=O) groups excluding carboxylic acids is 2. The van der Waals surface area contributed by atoms with Crippen molar-refractivity contribution in [3.63, 3.8) is 0 Å². The fraction of sp³-hybridized carbons (Fsp3) is 0.857. The molecule has 2 saturated carbocycles. The maximum absolute atomic E-state index is 12.8. The Bertz CT molecular complexity index is 387. The summed E-state index contributed by atoms with van der Waals surface area (Å²) in [6.45, 7) is 3.91. The normalized spacial score (nSPS) is 37.4. The van der Waals surface area contributed by atoms with Crippen LogP contribution in [0.5, 0.6) is 0 Å². The minimum Gasteiger partial charge on any atom is -0.340 e. The van der Waals surface area contributed by atoms with Crippen molar-refractivity contribution in [2.45, 2.75) is 70.0 Å². The number of amides is 2. The molecule has 18 heavy (non-hydrogen) atoms. The lowest BCUT2D eigenvalue weighted by Crippen LogP contribution is -2.72. The molecule has 2 aliphatic carbocycles. The van der Waals surface area contributed by atoms with Gasteiger partial charge >= 0.3 is 0 Å². The molecule has 0 aromatic rings. The summed E-state index contributed by atoms with van der Waals surface area (Å²) >= 11 is 0. The highest BCUT2D eigenvalue weighted by atomic mass is 16.2. The van der Waals surface area contributed by atoms with E-state index >= 15 is 0 Å². The van der Waals surface area contributed by atoms with Crippen LogP contribution < -0.4 is 5.32 Å². The Kier molecular flexibility index (Phi) is 2.65. The summed E-state index contributed by atoms with van der Waals surface area (Å²) in [5.41, 5.74) is -0.627. The highest BCUT2D eigenvalue weighted by molar-refractivity contribution is 6.00. The molecular formula is C14H22N2O2. The second-order valence-electron chi connectivity index (χ2n) is 6.19. The first-order valence-corrected chi connectivity index (χ1v) is 7.22. The van der Waals surface area contributed by atoms with Crippen molar-refractivity contribution >= 4 is 11.8 Å². The van der Waals surface area contributed by atoms with E-state index in [4.69, 9.17) is 0 Å². The Hall–Kier alpha value is -1.06. The molecule has 100 valence electrons. The molecule has 0 radical (unpaired) electrons. The van der Waals surface area contributed by atoms with E-state index in [0.717, 1.165) is 32.1 Å². The van der Waals surface area contributed by atoms with Gasteiger partial charge in [-0.1, -0.05) is 6.92 Å². The van der Waals surface area contributed by atoms with E-state index in [-0.39, 0.29) is 17.9 Å². The van der Waals surface area contributed by atoms with Crippen molar-refractivity contribution < 1.29 is 9.59 Å². The summed E-state index contributed by atoms with van der Waals surface area (Å²) in [7, 11) is 0. The van der Waals surface area contributed by atoms with Gasteiger partial charge in [-0.2, -0.15) is 0 Å². The maximum Gasteiger partial charge on any atom is 0.249 e. The molecule has 3 fully saturated rings. The SMILES string of the molecule is CCC1C(=O)NC(C)(C2CC2)C(=O)N1C1CCC1. The highest BCUT2D eigenvalue weighted by Gasteiger charge is 2.56. The average molecular weight is 250 g/mol. The van der Waals surface area contributed by atoms with Crippen LogP contribution in [0.1, 0.15) is 52.4 Å². The van der Waals surface area contributed by atoms with Gasteiger partial charge in [0.05, 0.1) is 0 Å². The second-order valence-corrected chi connectivity index (χ2v) is 6.19. The predicted molar refractivity (Wildman–Crippen MR) is 67.8 cm³/mol. The molecule has 2 unspecified atom stereocenters. The van der Waals surface area contributed by atoms with Crippen molar-refractivity contribution in [1.82, 2.24) is 10.2 Å². The third-order valence-electron chi connectivity index (χ3n) is 4.95. The average Bonchev–Trinajstić information content (AvgIpc) is 3.07. The molecule has 3 aliphatic rings. The zero-order valence-electron chi connectivity index (χ0n) is 11.2. The molecule has 0 aromatic carbocycles. The Morgan fingerprint density at radius 3 is 2.39 bits per heavy atom. The summed E-state index contributed by atoms with van der Waals surface area (Å²) < 4.78 is 0. The second kappa shape index (κ2) is 3.97. The summed E-state index contributed by atoms with van der Waals surface area (Å²) in [5, 5.41) is 3.01. The van der Waals surface area contributed by atoms with Crippen LogP contribution in [0, 0.1) is 5.92 Å². The quantitative estimate of drug-likeness (QED) is 0.824. The van der Waals surface area contributed by atoms with E-state index in [2.05, 4.69) is 5.32 Å². The zero-order chi connectivity index (χ0) is 12.9. The first-order valence-electron chi connectivity index (χ1n) is 7.22. The minimum absolute atomic E-state index is 0.0541. The van der Waals surface area contributed by atoms with Gasteiger partial charge in [0, 0.05) is 6.04 Å². The molecule has 3 rings (SSSR count). The van der Waals surface area contributed by atoms with Crippen LogP contribution in [0.4, 0.5) is 0 Å². The van der Waals surface area contributed by atoms with Gasteiger partial charge in [0.1, 0.15) is 11.6 Å². The Balaban J connectivity index is 1.90. The fourth-order valence-electron chi connectivity index (χ4n) is 3.33. The number of rotatable bonds is 3. The molecule has 4 nitrogen and oxygen atoms in total. The number of hydrogen-bond donors (Lipinski definition) is 1. The van der Waals surface area contributed by atoms with Crippen molar-refractivity contribution in [1.29, 1.82) is 0 Å². The van der Waals surface area contributed by atoms with Crippen LogP contribution >= 0.6 is 0 Å². The number of nitrogens with one attached hydrogen (secondary N) is 1. The molecular weight excluding hydrogens is 228 g/mol. The van der Waals surface area contributed by atoms with Gasteiger partial charge in [-0.25, -0.2) is 0 Å². The Labute approximate surface area is 108 Å². The van der Waals surface area contributed by atoms with Crippen molar-refractivity contribution in [2.75, 3.05) is 0 Å². The Morgan fingerprint density at radius 2 is 1.94 bits per heavy atom. The zero-order valence-corrected chi connectivity index (χ0v) is 11.2. The molecule has 4 heteroatoms. The van der Waals surface area contributed by atoms with Crippen LogP contribution in [0.25, 0.3) is 0 Å².